The second-order valence-electron chi connectivity index (χ2n) is 14.0. The molecule has 1 aliphatic carbocycles. The molecule has 48 heavy (non-hydrogen) atoms. The third kappa shape index (κ3) is 3.26. The largest absolute Gasteiger partial charge is 0.456 e. The first-order chi connectivity index (χ1) is 23.6. The van der Waals surface area contributed by atoms with Crippen LogP contribution in [0, 0.1) is 0 Å². The molecule has 0 fully saturated rings. The Morgan fingerprint density at radius 1 is 0.396 bits per heavy atom. The van der Waals surface area contributed by atoms with E-state index in [-0.39, 0.29) is 5.41 Å². The molecule has 0 bridgehead atoms. The van der Waals surface area contributed by atoms with E-state index in [2.05, 4.69) is 159 Å². The van der Waals surface area contributed by atoms with Crippen molar-refractivity contribution < 1.29 is 4.42 Å². The number of rotatable bonds is 2. The third-order valence-electron chi connectivity index (χ3n) is 11.2. The third-order valence-corrected chi connectivity index (χ3v) is 11.2. The van der Waals surface area contributed by atoms with Gasteiger partial charge in [-0.2, -0.15) is 0 Å². The fraction of sp³-hybridized carbons (Fsp3) is 0.0638. The van der Waals surface area contributed by atoms with Gasteiger partial charge >= 0.3 is 0 Å². The average molecular weight is 611 g/mol. The van der Waals surface area contributed by atoms with Crippen LogP contribution in [0.15, 0.2) is 150 Å². The first-order valence-electron chi connectivity index (χ1n) is 16.9. The van der Waals surface area contributed by atoms with Gasteiger partial charge in [0, 0.05) is 16.2 Å². The Kier molecular flexibility index (Phi) is 4.97. The summed E-state index contributed by atoms with van der Waals surface area (Å²) in [5, 5.41) is 12.6. The Bertz CT molecular complexity index is 2910. The van der Waals surface area contributed by atoms with Crippen molar-refractivity contribution in [3.63, 3.8) is 0 Å². The van der Waals surface area contributed by atoms with E-state index in [1.54, 1.807) is 0 Å². The van der Waals surface area contributed by atoms with Crippen molar-refractivity contribution >= 4 is 65.0 Å². The molecule has 1 heterocycles. The fourth-order valence-corrected chi connectivity index (χ4v) is 9.07. The summed E-state index contributed by atoms with van der Waals surface area (Å²) in [7, 11) is 0. The highest BCUT2D eigenvalue weighted by Gasteiger charge is 2.37. The standard InChI is InChI=1S/C47H30O/c1-47(2)38-24-22-27-11-3-4-13-30(27)45(38)36-23-21-29(26-39(36)47)42-31-14-5-7-16-33(31)44(34-17-8-6-15-32(34)42)37-25-28-12-9-19-40-43(28)46-35(37)18-10-20-41(46)48-40/h3-26H,1-2H3. The van der Waals surface area contributed by atoms with E-state index in [9.17, 15) is 0 Å². The molecule has 0 radical (unpaired) electrons. The molecule has 0 atom stereocenters. The van der Waals surface area contributed by atoms with E-state index in [0.29, 0.717) is 0 Å². The Labute approximate surface area is 278 Å². The van der Waals surface area contributed by atoms with Crippen LogP contribution in [-0.2, 0) is 5.41 Å². The van der Waals surface area contributed by atoms with Gasteiger partial charge in [0.05, 0.1) is 0 Å². The zero-order valence-corrected chi connectivity index (χ0v) is 26.8. The Morgan fingerprint density at radius 2 is 1.00 bits per heavy atom. The van der Waals surface area contributed by atoms with Gasteiger partial charge in [-0.15, -0.1) is 0 Å². The number of benzene rings is 9. The van der Waals surface area contributed by atoms with Gasteiger partial charge in [-0.25, -0.2) is 0 Å². The quantitative estimate of drug-likeness (QED) is 0.140. The molecule has 9 aromatic carbocycles. The summed E-state index contributed by atoms with van der Waals surface area (Å²) in [5.41, 5.74) is 12.4. The molecule has 11 rings (SSSR count). The van der Waals surface area contributed by atoms with E-state index in [1.807, 2.05) is 0 Å². The fourth-order valence-electron chi connectivity index (χ4n) is 9.07. The molecule has 224 valence electrons. The molecule has 10 aromatic rings. The lowest BCUT2D eigenvalue weighted by atomic mass is 9.80. The molecule has 1 aliphatic rings. The molecule has 1 aromatic heterocycles. The molecule has 1 heteroatoms. The summed E-state index contributed by atoms with van der Waals surface area (Å²) in [6.45, 7) is 4.77. The minimum Gasteiger partial charge on any atom is -0.456 e. The van der Waals surface area contributed by atoms with Crippen molar-refractivity contribution in [2.75, 3.05) is 0 Å². The van der Waals surface area contributed by atoms with Crippen LogP contribution in [0.3, 0.4) is 0 Å². The van der Waals surface area contributed by atoms with Crippen LogP contribution in [0.2, 0.25) is 0 Å². The molecule has 0 spiro atoms. The Balaban J connectivity index is 1.23. The second kappa shape index (κ2) is 9.12. The van der Waals surface area contributed by atoms with Gasteiger partial charge < -0.3 is 4.42 Å². The SMILES string of the molecule is CC1(C)c2cc(-c3c4ccccc4c(-c4cc5cccc6oc7cccc4c7c56)c4ccccc34)ccc2-c2c1ccc1ccccc21. The normalized spacial score (nSPS) is 13.8. The van der Waals surface area contributed by atoms with Crippen LogP contribution in [0.1, 0.15) is 25.0 Å². The Morgan fingerprint density at radius 3 is 1.75 bits per heavy atom. The molecule has 0 saturated heterocycles. The summed E-state index contributed by atoms with van der Waals surface area (Å²) in [6, 6.07) is 54.0. The first kappa shape index (κ1) is 26.2. The van der Waals surface area contributed by atoms with E-state index in [4.69, 9.17) is 4.42 Å². The molecule has 0 aliphatic heterocycles. The zero-order chi connectivity index (χ0) is 31.7. The number of hydrogen-bond acceptors (Lipinski definition) is 1. The van der Waals surface area contributed by atoms with E-state index >= 15 is 0 Å². The van der Waals surface area contributed by atoms with E-state index in [0.717, 1.165) is 11.2 Å². The smallest absolute Gasteiger partial charge is 0.136 e. The van der Waals surface area contributed by atoms with Crippen LogP contribution in [0.5, 0.6) is 0 Å². The lowest BCUT2D eigenvalue weighted by Crippen LogP contribution is -2.15. The maximum absolute atomic E-state index is 6.36. The maximum atomic E-state index is 6.36. The summed E-state index contributed by atoms with van der Waals surface area (Å²) < 4.78 is 6.36. The van der Waals surface area contributed by atoms with Crippen molar-refractivity contribution in [1.29, 1.82) is 0 Å². The van der Waals surface area contributed by atoms with Gasteiger partial charge in [0.25, 0.3) is 0 Å². The van der Waals surface area contributed by atoms with Gasteiger partial charge in [0.2, 0.25) is 0 Å². The van der Waals surface area contributed by atoms with Crippen molar-refractivity contribution in [2.24, 2.45) is 0 Å². The molecule has 0 amide bonds. The highest BCUT2D eigenvalue weighted by molar-refractivity contribution is 6.29. The van der Waals surface area contributed by atoms with E-state index in [1.165, 1.54) is 98.4 Å². The maximum Gasteiger partial charge on any atom is 0.136 e. The molecule has 1 nitrogen and oxygen atoms in total. The summed E-state index contributed by atoms with van der Waals surface area (Å²) in [4.78, 5) is 0. The number of fused-ring (bicyclic) bond motifs is 7. The minimum absolute atomic E-state index is 0.106. The summed E-state index contributed by atoms with van der Waals surface area (Å²) >= 11 is 0. The predicted molar refractivity (Wildman–Crippen MR) is 203 cm³/mol. The zero-order valence-electron chi connectivity index (χ0n) is 26.8. The second-order valence-corrected chi connectivity index (χ2v) is 14.0. The van der Waals surface area contributed by atoms with Crippen molar-refractivity contribution in [3.8, 4) is 33.4 Å². The van der Waals surface area contributed by atoms with Crippen molar-refractivity contribution in [3.05, 3.63) is 157 Å². The van der Waals surface area contributed by atoms with Gasteiger partial charge in [0.1, 0.15) is 11.2 Å². The van der Waals surface area contributed by atoms with Crippen LogP contribution in [0.25, 0.3) is 98.4 Å². The molecular weight excluding hydrogens is 581 g/mol. The highest BCUT2D eigenvalue weighted by Crippen LogP contribution is 2.54. The van der Waals surface area contributed by atoms with Gasteiger partial charge in [-0.1, -0.05) is 135 Å². The monoisotopic (exact) mass is 610 g/mol. The lowest BCUT2D eigenvalue weighted by Gasteiger charge is -2.23. The number of furan rings is 1. The highest BCUT2D eigenvalue weighted by atomic mass is 16.3. The molecular formula is C47H30O. The number of hydrogen-bond donors (Lipinski definition) is 0. The molecule has 0 saturated carbocycles. The summed E-state index contributed by atoms with van der Waals surface area (Å²) in [6.07, 6.45) is 0. The average Bonchev–Trinajstić information content (AvgIpc) is 3.62. The van der Waals surface area contributed by atoms with Gasteiger partial charge in [0.15, 0.2) is 0 Å². The van der Waals surface area contributed by atoms with Crippen molar-refractivity contribution in [2.45, 2.75) is 19.3 Å². The van der Waals surface area contributed by atoms with Gasteiger partial charge in [-0.05, 0) is 112 Å². The van der Waals surface area contributed by atoms with Crippen LogP contribution < -0.4 is 0 Å². The van der Waals surface area contributed by atoms with Crippen LogP contribution >= 0.6 is 0 Å². The first-order valence-corrected chi connectivity index (χ1v) is 16.9. The lowest BCUT2D eigenvalue weighted by molar-refractivity contribution is 0.661. The predicted octanol–water partition coefficient (Wildman–Crippen LogP) is 13.3. The topological polar surface area (TPSA) is 13.1 Å². The van der Waals surface area contributed by atoms with Gasteiger partial charge in [-0.3, -0.25) is 0 Å². The van der Waals surface area contributed by atoms with Crippen LogP contribution in [0.4, 0.5) is 0 Å². The van der Waals surface area contributed by atoms with E-state index < -0.39 is 0 Å². The van der Waals surface area contributed by atoms with Crippen molar-refractivity contribution in [1.82, 2.24) is 0 Å². The molecule has 0 unspecified atom stereocenters. The summed E-state index contributed by atoms with van der Waals surface area (Å²) in [5.74, 6) is 0. The minimum atomic E-state index is -0.106. The Hall–Kier alpha value is -5.92. The molecule has 0 N–H and O–H groups in total. The van der Waals surface area contributed by atoms with Crippen LogP contribution in [-0.4, -0.2) is 0 Å².